The minimum atomic E-state index is -0.668. The maximum absolute atomic E-state index is 12.6. The number of benzene rings is 2. The highest BCUT2D eigenvalue weighted by molar-refractivity contribution is 5.94. The number of esters is 1. The monoisotopic (exact) mass is 541 g/mol. The van der Waals surface area contributed by atoms with E-state index in [-0.39, 0.29) is 11.9 Å². The Labute approximate surface area is 233 Å². The van der Waals surface area contributed by atoms with Crippen molar-refractivity contribution in [3.8, 4) is 11.5 Å². The van der Waals surface area contributed by atoms with Crippen LogP contribution in [0, 0.1) is 5.92 Å². The zero-order valence-electron chi connectivity index (χ0n) is 22.7. The molecule has 206 valence electrons. The van der Waals surface area contributed by atoms with Gasteiger partial charge in [-0.05, 0) is 84.4 Å². The Bertz CT molecular complexity index is 1480. The summed E-state index contributed by atoms with van der Waals surface area (Å²) in [5.41, 5.74) is 7.32. The molecule has 0 radical (unpaired) electrons. The van der Waals surface area contributed by atoms with Crippen LogP contribution in [0.1, 0.15) is 37.8 Å². The number of fused-ring (bicyclic) bond motifs is 1. The second-order valence-electron chi connectivity index (χ2n) is 10.5. The molecule has 2 aliphatic heterocycles. The van der Waals surface area contributed by atoms with Crippen LogP contribution in [-0.2, 0) is 23.8 Å². The van der Waals surface area contributed by atoms with Crippen LogP contribution in [0.4, 0.5) is 0 Å². The lowest BCUT2D eigenvalue weighted by Gasteiger charge is -2.28. The fourth-order valence-electron chi connectivity index (χ4n) is 5.39. The summed E-state index contributed by atoms with van der Waals surface area (Å²) in [5, 5.41) is 4.03. The molecule has 2 atom stereocenters. The minimum absolute atomic E-state index is 0.156. The molecular weight excluding hydrogens is 510 g/mol. The Balaban J connectivity index is 1.16. The predicted molar refractivity (Wildman–Crippen MR) is 148 cm³/mol. The van der Waals surface area contributed by atoms with Gasteiger partial charge in [-0.25, -0.2) is 0 Å². The first-order chi connectivity index (χ1) is 19.4. The van der Waals surface area contributed by atoms with E-state index in [0.29, 0.717) is 31.8 Å². The Morgan fingerprint density at radius 2 is 1.93 bits per heavy atom. The van der Waals surface area contributed by atoms with E-state index in [4.69, 9.17) is 28.5 Å². The van der Waals surface area contributed by atoms with Crippen LogP contribution in [0.15, 0.2) is 94.4 Å². The molecule has 6 rings (SSSR count). The van der Waals surface area contributed by atoms with Crippen molar-refractivity contribution < 1.29 is 33.3 Å². The van der Waals surface area contributed by atoms with Gasteiger partial charge in [-0.1, -0.05) is 47.1 Å². The van der Waals surface area contributed by atoms with E-state index < -0.39 is 12.1 Å². The fourth-order valence-corrected chi connectivity index (χ4v) is 5.39. The third kappa shape index (κ3) is 5.46. The number of ether oxygens (including phenoxy) is 5. The van der Waals surface area contributed by atoms with Gasteiger partial charge in [0.15, 0.2) is 5.79 Å². The number of methoxy groups -OCH3 is 1. The predicted octanol–water partition coefficient (Wildman–Crippen LogP) is 5.70. The lowest BCUT2D eigenvalue weighted by Crippen LogP contribution is -2.21. The summed E-state index contributed by atoms with van der Waals surface area (Å²) >= 11 is 0. The summed E-state index contributed by atoms with van der Waals surface area (Å²) in [5.74, 6) is 0.376. The first-order valence-corrected chi connectivity index (χ1v) is 13.3. The summed E-state index contributed by atoms with van der Waals surface area (Å²) in [6, 6.07) is 15.5. The van der Waals surface area contributed by atoms with E-state index in [2.05, 4.69) is 23.4 Å². The van der Waals surface area contributed by atoms with Crippen LogP contribution >= 0.6 is 0 Å². The van der Waals surface area contributed by atoms with Gasteiger partial charge in [0, 0.05) is 0 Å². The normalized spacial score (nSPS) is 24.4. The molecule has 2 aromatic carbocycles. The lowest BCUT2D eigenvalue weighted by atomic mass is 9.74. The summed E-state index contributed by atoms with van der Waals surface area (Å²) in [6.07, 6.45) is 8.36. The largest absolute Gasteiger partial charge is 0.497 e. The number of hydrogen-bond acceptors (Lipinski definition) is 8. The molecule has 8 nitrogen and oxygen atoms in total. The Kier molecular flexibility index (Phi) is 7.04. The number of nitrogens with zero attached hydrogens (tertiary/aromatic N) is 1. The highest BCUT2D eigenvalue weighted by Gasteiger charge is 2.40. The molecule has 2 aliphatic carbocycles. The van der Waals surface area contributed by atoms with Crippen molar-refractivity contribution in [2.45, 2.75) is 38.8 Å². The molecule has 8 heteroatoms. The molecule has 1 unspecified atom stereocenters. The van der Waals surface area contributed by atoms with Crippen molar-refractivity contribution in [2.75, 3.05) is 20.3 Å². The molecule has 40 heavy (non-hydrogen) atoms. The first-order valence-electron chi connectivity index (χ1n) is 13.3. The number of cyclic esters (lactones) is 1. The van der Waals surface area contributed by atoms with Crippen molar-refractivity contribution in [1.82, 2.24) is 0 Å². The van der Waals surface area contributed by atoms with Crippen LogP contribution in [0.25, 0.3) is 5.57 Å². The molecule has 0 spiro atoms. The number of hydrogen-bond donors (Lipinski definition) is 0. The maximum Gasteiger partial charge on any atom is 0.313 e. The van der Waals surface area contributed by atoms with E-state index in [1.807, 2.05) is 56.3 Å². The van der Waals surface area contributed by atoms with Crippen LogP contribution in [0.2, 0.25) is 0 Å². The van der Waals surface area contributed by atoms with E-state index in [9.17, 15) is 4.79 Å². The molecule has 2 aromatic rings. The van der Waals surface area contributed by atoms with Crippen molar-refractivity contribution in [1.29, 1.82) is 0 Å². The molecule has 0 amide bonds. The number of carbonyl (C=O) groups excluding carboxylic acids is 1. The van der Waals surface area contributed by atoms with Crippen molar-refractivity contribution >= 4 is 17.8 Å². The van der Waals surface area contributed by atoms with E-state index in [1.165, 1.54) is 5.57 Å². The van der Waals surface area contributed by atoms with Crippen LogP contribution in [-0.4, -0.2) is 44.6 Å². The third-order valence-corrected chi connectivity index (χ3v) is 7.30. The molecule has 4 aliphatic rings. The molecule has 2 saturated heterocycles. The van der Waals surface area contributed by atoms with Crippen molar-refractivity contribution in [3.63, 3.8) is 0 Å². The highest BCUT2D eigenvalue weighted by atomic mass is 16.9. The number of allylic oxidation sites excluding steroid dienone is 6. The lowest BCUT2D eigenvalue weighted by molar-refractivity contribution is -0.190. The zero-order chi connectivity index (χ0) is 27.7. The van der Waals surface area contributed by atoms with Gasteiger partial charge in [-0.15, -0.1) is 0 Å². The smallest absolute Gasteiger partial charge is 0.313 e. The standard InChI is InChI=1S/C32H31NO7/c1-32(2)38-19-29(39-32)40-33-16-20-6-4-9-25(13-20)36-17-21-10-11-26-23(12-21)15-27-28(18-37-31(27)34)30(26)22-7-5-8-24(14-22)35-3/h4-11,13-14,16-17,27,29H,12,15,18-19H2,1-3H3/b21-17+,33-16?/t27?,29-/m0/s1. The zero-order valence-corrected chi connectivity index (χ0v) is 22.7. The van der Waals surface area contributed by atoms with Crippen molar-refractivity contribution in [2.24, 2.45) is 11.1 Å². The summed E-state index contributed by atoms with van der Waals surface area (Å²) in [6.45, 7) is 4.32. The number of carbonyl (C=O) groups is 1. The Morgan fingerprint density at radius 3 is 2.75 bits per heavy atom. The van der Waals surface area contributed by atoms with Crippen LogP contribution < -0.4 is 9.47 Å². The summed E-state index contributed by atoms with van der Waals surface area (Å²) < 4.78 is 28.0. The molecule has 0 bridgehead atoms. The second-order valence-corrected chi connectivity index (χ2v) is 10.5. The minimum Gasteiger partial charge on any atom is -0.497 e. The van der Waals surface area contributed by atoms with Gasteiger partial charge in [-0.3, -0.25) is 4.79 Å². The number of rotatable bonds is 7. The molecule has 2 fully saturated rings. The second kappa shape index (κ2) is 10.8. The van der Waals surface area contributed by atoms with Crippen molar-refractivity contribution in [3.05, 3.63) is 100 Å². The highest BCUT2D eigenvalue weighted by Crippen LogP contribution is 2.47. The molecule has 2 heterocycles. The van der Waals surface area contributed by atoms with Gasteiger partial charge in [-0.2, -0.15) is 0 Å². The SMILES string of the molecule is COc1cccc(C2=C3COC(=O)C3CC3=C2C=C/C(=C\Oc2cccc(C=NO[C@H]4COC(C)(C)O4)c2)C3)c1. The quantitative estimate of drug-likeness (QED) is 0.192. The van der Waals surface area contributed by atoms with Crippen LogP contribution in [0.5, 0.6) is 11.5 Å². The van der Waals surface area contributed by atoms with Gasteiger partial charge in [0.05, 0.1) is 25.5 Å². The van der Waals surface area contributed by atoms with Crippen LogP contribution in [0.3, 0.4) is 0 Å². The average Bonchev–Trinajstić information content (AvgIpc) is 3.51. The van der Waals surface area contributed by atoms with E-state index >= 15 is 0 Å². The van der Waals surface area contributed by atoms with Gasteiger partial charge < -0.3 is 28.5 Å². The van der Waals surface area contributed by atoms with Gasteiger partial charge in [0.25, 0.3) is 6.29 Å². The maximum atomic E-state index is 12.6. The van der Waals surface area contributed by atoms with Gasteiger partial charge in [0.2, 0.25) is 0 Å². The van der Waals surface area contributed by atoms with E-state index in [1.54, 1.807) is 19.6 Å². The van der Waals surface area contributed by atoms with Gasteiger partial charge in [0.1, 0.15) is 24.7 Å². The summed E-state index contributed by atoms with van der Waals surface area (Å²) in [4.78, 5) is 18.0. The fraction of sp³-hybridized carbons (Fsp3) is 0.312. The topological polar surface area (TPSA) is 84.8 Å². The molecule has 0 saturated carbocycles. The summed E-state index contributed by atoms with van der Waals surface area (Å²) in [7, 11) is 1.66. The Hall–Kier alpha value is -4.14. The molecular formula is C32H31NO7. The Morgan fingerprint density at radius 1 is 1.07 bits per heavy atom. The number of oxime groups is 1. The van der Waals surface area contributed by atoms with Gasteiger partial charge >= 0.3 is 5.97 Å². The third-order valence-electron chi connectivity index (χ3n) is 7.30. The molecule has 0 aromatic heterocycles. The van der Waals surface area contributed by atoms with E-state index in [0.717, 1.165) is 39.2 Å². The molecule has 0 N–H and O–H groups in total. The average molecular weight is 542 g/mol. The first kappa shape index (κ1) is 26.1.